The molecule has 0 fully saturated rings. The van der Waals surface area contributed by atoms with E-state index in [-0.39, 0.29) is 23.4 Å². The first-order valence-electron chi connectivity index (χ1n) is 8.25. The number of nitrogens with zero attached hydrogens (tertiary/aromatic N) is 3. The van der Waals surface area contributed by atoms with Crippen LogP contribution in [0.3, 0.4) is 0 Å². The predicted molar refractivity (Wildman–Crippen MR) is 94.8 cm³/mol. The third-order valence-electron chi connectivity index (χ3n) is 4.15. The molecule has 0 aliphatic carbocycles. The standard InChI is InChI=1S/C18H16F3N3O4/c1-12-6-7-16-15(8-12)23(17(25)28-16)11-22(10-18(19,20)21)9-13-4-2-3-5-14(13)24(26)27/h2-8H,9-11H2,1H3. The van der Waals surface area contributed by atoms with Crippen molar-refractivity contribution in [3.63, 3.8) is 0 Å². The molecule has 10 heteroatoms. The third kappa shape index (κ3) is 4.39. The van der Waals surface area contributed by atoms with Gasteiger partial charge in [-0.15, -0.1) is 0 Å². The number of halogens is 3. The average molecular weight is 395 g/mol. The molecular weight excluding hydrogens is 379 g/mol. The zero-order chi connectivity index (χ0) is 20.5. The Hall–Kier alpha value is -3.14. The van der Waals surface area contributed by atoms with Crippen LogP contribution in [0.4, 0.5) is 18.9 Å². The molecule has 0 radical (unpaired) electrons. The third-order valence-corrected chi connectivity index (χ3v) is 4.15. The van der Waals surface area contributed by atoms with E-state index in [0.717, 1.165) is 15.0 Å². The minimum absolute atomic E-state index is 0.119. The smallest absolute Gasteiger partial charge is 0.408 e. The first-order valence-corrected chi connectivity index (χ1v) is 8.25. The molecule has 148 valence electrons. The van der Waals surface area contributed by atoms with Crippen molar-refractivity contribution in [1.29, 1.82) is 0 Å². The Balaban J connectivity index is 1.98. The summed E-state index contributed by atoms with van der Waals surface area (Å²) in [6.45, 7) is -0.353. The molecule has 0 amide bonds. The molecule has 0 atom stereocenters. The van der Waals surface area contributed by atoms with Crippen molar-refractivity contribution in [3.8, 4) is 0 Å². The highest BCUT2D eigenvalue weighted by atomic mass is 19.4. The van der Waals surface area contributed by atoms with Gasteiger partial charge < -0.3 is 4.42 Å². The van der Waals surface area contributed by atoms with E-state index in [1.54, 1.807) is 25.1 Å². The quantitative estimate of drug-likeness (QED) is 0.468. The molecule has 0 saturated carbocycles. The monoisotopic (exact) mass is 395 g/mol. The van der Waals surface area contributed by atoms with E-state index in [2.05, 4.69) is 0 Å². The Morgan fingerprint density at radius 1 is 1.21 bits per heavy atom. The fourth-order valence-corrected chi connectivity index (χ4v) is 2.98. The van der Waals surface area contributed by atoms with Gasteiger partial charge >= 0.3 is 11.9 Å². The van der Waals surface area contributed by atoms with Crippen molar-refractivity contribution in [3.05, 3.63) is 74.3 Å². The van der Waals surface area contributed by atoms with E-state index < -0.39 is 30.1 Å². The second-order valence-corrected chi connectivity index (χ2v) is 6.40. The molecule has 0 aliphatic rings. The van der Waals surface area contributed by atoms with Crippen LogP contribution < -0.4 is 5.76 Å². The summed E-state index contributed by atoms with van der Waals surface area (Å²) in [6, 6.07) is 10.5. The number of hydrogen-bond donors (Lipinski definition) is 0. The van der Waals surface area contributed by atoms with Crippen LogP contribution in [0.15, 0.2) is 51.7 Å². The maximum Gasteiger partial charge on any atom is 0.421 e. The summed E-state index contributed by atoms with van der Waals surface area (Å²) in [5.41, 5.74) is 1.26. The van der Waals surface area contributed by atoms with Gasteiger partial charge in [0.05, 0.1) is 23.7 Å². The van der Waals surface area contributed by atoms with Gasteiger partial charge in [-0.2, -0.15) is 13.2 Å². The van der Waals surface area contributed by atoms with Crippen molar-refractivity contribution in [2.75, 3.05) is 6.54 Å². The van der Waals surface area contributed by atoms with Crippen LogP contribution in [0, 0.1) is 17.0 Å². The largest absolute Gasteiger partial charge is 0.421 e. The van der Waals surface area contributed by atoms with Crippen molar-refractivity contribution < 1.29 is 22.5 Å². The Morgan fingerprint density at radius 3 is 2.61 bits per heavy atom. The van der Waals surface area contributed by atoms with Crippen LogP contribution in [0.1, 0.15) is 11.1 Å². The van der Waals surface area contributed by atoms with E-state index in [1.807, 2.05) is 0 Å². The second kappa shape index (κ2) is 7.47. The van der Waals surface area contributed by atoms with Crippen LogP contribution in [0.2, 0.25) is 0 Å². The van der Waals surface area contributed by atoms with Crippen molar-refractivity contribution in [2.24, 2.45) is 0 Å². The molecule has 0 unspecified atom stereocenters. The molecule has 0 N–H and O–H groups in total. The van der Waals surface area contributed by atoms with E-state index in [9.17, 15) is 28.1 Å². The molecule has 1 aromatic heterocycles. The first kappa shape index (κ1) is 19.6. The summed E-state index contributed by atoms with van der Waals surface area (Å²) in [4.78, 5) is 23.6. The number of nitro benzene ring substituents is 1. The highest BCUT2D eigenvalue weighted by Crippen LogP contribution is 2.24. The van der Waals surface area contributed by atoms with Gasteiger partial charge in [-0.25, -0.2) is 4.79 Å². The lowest BCUT2D eigenvalue weighted by Crippen LogP contribution is -2.37. The van der Waals surface area contributed by atoms with Gasteiger partial charge in [-0.3, -0.25) is 19.6 Å². The molecule has 3 aromatic rings. The van der Waals surface area contributed by atoms with Crippen LogP contribution in [-0.2, 0) is 13.2 Å². The molecule has 3 rings (SSSR count). The summed E-state index contributed by atoms with van der Waals surface area (Å²) in [6.07, 6.45) is -4.55. The number of alkyl halides is 3. The number of aryl methyl sites for hydroxylation is 1. The topological polar surface area (TPSA) is 81.5 Å². The number of oxazole rings is 1. The van der Waals surface area contributed by atoms with Gasteiger partial charge in [0.25, 0.3) is 5.69 Å². The van der Waals surface area contributed by atoms with Gasteiger partial charge in [0.1, 0.15) is 0 Å². The Labute approximate surface area is 156 Å². The molecule has 0 bridgehead atoms. The lowest BCUT2D eigenvalue weighted by atomic mass is 10.1. The minimum Gasteiger partial charge on any atom is -0.408 e. The highest BCUT2D eigenvalue weighted by molar-refractivity contribution is 5.73. The van der Waals surface area contributed by atoms with Crippen LogP contribution in [0.5, 0.6) is 0 Å². The number of aromatic nitrogens is 1. The molecule has 0 saturated heterocycles. The number of nitro groups is 1. The van der Waals surface area contributed by atoms with Crippen LogP contribution in [0.25, 0.3) is 11.1 Å². The Morgan fingerprint density at radius 2 is 1.93 bits per heavy atom. The van der Waals surface area contributed by atoms with Crippen molar-refractivity contribution in [1.82, 2.24) is 9.47 Å². The number of rotatable bonds is 6. The summed E-state index contributed by atoms with van der Waals surface area (Å²) >= 11 is 0. The zero-order valence-electron chi connectivity index (χ0n) is 14.8. The Bertz CT molecular complexity index is 1070. The predicted octanol–water partition coefficient (Wildman–Crippen LogP) is 3.83. The molecule has 28 heavy (non-hydrogen) atoms. The first-order chi connectivity index (χ1) is 13.1. The highest BCUT2D eigenvalue weighted by Gasteiger charge is 2.32. The zero-order valence-corrected chi connectivity index (χ0v) is 14.8. The fraction of sp³-hybridized carbons (Fsp3) is 0.278. The van der Waals surface area contributed by atoms with Crippen molar-refractivity contribution in [2.45, 2.75) is 26.3 Å². The number of para-hydroxylation sites is 1. The minimum atomic E-state index is -4.55. The van der Waals surface area contributed by atoms with E-state index in [1.165, 1.54) is 24.3 Å². The lowest BCUT2D eigenvalue weighted by Gasteiger charge is -2.23. The van der Waals surface area contributed by atoms with Gasteiger partial charge in [-0.05, 0) is 24.6 Å². The number of fused-ring (bicyclic) bond motifs is 1. The molecular formula is C18H16F3N3O4. The van der Waals surface area contributed by atoms with Crippen molar-refractivity contribution >= 4 is 16.8 Å². The summed E-state index contributed by atoms with van der Waals surface area (Å²) in [5, 5.41) is 11.2. The molecule has 2 aromatic carbocycles. The van der Waals surface area contributed by atoms with E-state index >= 15 is 0 Å². The van der Waals surface area contributed by atoms with Gasteiger partial charge in [0.2, 0.25) is 0 Å². The normalized spacial score (nSPS) is 12.0. The molecule has 1 heterocycles. The molecule has 7 nitrogen and oxygen atoms in total. The van der Waals surface area contributed by atoms with Crippen LogP contribution in [-0.4, -0.2) is 27.1 Å². The van der Waals surface area contributed by atoms with Crippen LogP contribution >= 0.6 is 0 Å². The summed E-state index contributed by atoms with van der Waals surface area (Å²) < 4.78 is 45.4. The van der Waals surface area contributed by atoms with Gasteiger partial charge in [-0.1, -0.05) is 24.3 Å². The molecule has 0 aliphatic heterocycles. The average Bonchev–Trinajstić information content (AvgIpc) is 2.89. The maximum atomic E-state index is 13.1. The number of hydrogen-bond acceptors (Lipinski definition) is 5. The Kier molecular flexibility index (Phi) is 5.23. The summed E-state index contributed by atoms with van der Waals surface area (Å²) in [5.74, 6) is -0.796. The fourth-order valence-electron chi connectivity index (χ4n) is 2.98. The number of benzene rings is 2. The summed E-state index contributed by atoms with van der Waals surface area (Å²) in [7, 11) is 0. The SMILES string of the molecule is Cc1ccc2oc(=O)n(CN(Cc3ccccc3[N+](=O)[O-])CC(F)(F)F)c2c1. The lowest BCUT2D eigenvalue weighted by molar-refractivity contribution is -0.385. The maximum absolute atomic E-state index is 13.1. The second-order valence-electron chi connectivity index (χ2n) is 6.40. The molecule has 0 spiro atoms. The van der Waals surface area contributed by atoms with Gasteiger partial charge in [0, 0.05) is 18.2 Å². The van der Waals surface area contributed by atoms with E-state index in [0.29, 0.717) is 5.52 Å². The van der Waals surface area contributed by atoms with Gasteiger partial charge in [0.15, 0.2) is 5.58 Å². The van der Waals surface area contributed by atoms with E-state index in [4.69, 9.17) is 4.42 Å².